The number of halogens is 1. The third kappa shape index (κ3) is 2.68. The second-order valence-electron chi connectivity index (χ2n) is 3.16. The molecule has 1 rings (SSSR count). The molecule has 1 nitrogen and oxygen atoms in total. The molecular weight excluding hydrogens is 226 g/mol. The van der Waals surface area contributed by atoms with Gasteiger partial charge in [0, 0.05) is 10.5 Å². The van der Waals surface area contributed by atoms with Crippen LogP contribution in [-0.4, -0.2) is 0 Å². The summed E-state index contributed by atoms with van der Waals surface area (Å²) in [6, 6.07) is 6.26. The summed E-state index contributed by atoms with van der Waals surface area (Å²) in [5.41, 5.74) is 8.36. The van der Waals surface area contributed by atoms with Crippen LogP contribution in [0.1, 0.15) is 23.6 Å². The Morgan fingerprint density at radius 2 is 2.31 bits per heavy atom. The Kier molecular flexibility index (Phi) is 3.70. The first-order chi connectivity index (χ1) is 6.15. The van der Waals surface area contributed by atoms with Crippen LogP contribution in [0.3, 0.4) is 0 Å². The van der Waals surface area contributed by atoms with Gasteiger partial charge in [0.25, 0.3) is 0 Å². The van der Waals surface area contributed by atoms with Crippen molar-refractivity contribution in [3.8, 4) is 0 Å². The lowest BCUT2D eigenvalue weighted by molar-refractivity contribution is 0.737. The molecule has 0 heterocycles. The predicted molar refractivity (Wildman–Crippen MR) is 60.6 cm³/mol. The first-order valence-electron chi connectivity index (χ1n) is 4.27. The van der Waals surface area contributed by atoms with Crippen LogP contribution in [0.4, 0.5) is 0 Å². The Morgan fingerprint density at radius 1 is 1.62 bits per heavy atom. The van der Waals surface area contributed by atoms with E-state index in [0.29, 0.717) is 0 Å². The van der Waals surface area contributed by atoms with Crippen LogP contribution >= 0.6 is 15.9 Å². The summed E-state index contributed by atoms with van der Waals surface area (Å²) in [6.45, 7) is 5.75. The molecule has 0 saturated carbocycles. The molecule has 1 aromatic carbocycles. The van der Waals surface area contributed by atoms with Crippen LogP contribution in [0.15, 0.2) is 35.3 Å². The quantitative estimate of drug-likeness (QED) is 0.805. The zero-order chi connectivity index (χ0) is 9.84. The molecule has 0 saturated heterocycles. The highest BCUT2D eigenvalue weighted by Crippen LogP contribution is 2.25. The third-order valence-electron chi connectivity index (χ3n) is 1.97. The third-order valence-corrected chi connectivity index (χ3v) is 2.69. The monoisotopic (exact) mass is 239 g/mol. The van der Waals surface area contributed by atoms with Crippen LogP contribution < -0.4 is 5.73 Å². The molecule has 13 heavy (non-hydrogen) atoms. The lowest BCUT2D eigenvalue weighted by atomic mass is 10.0. The van der Waals surface area contributed by atoms with Gasteiger partial charge in [0.2, 0.25) is 0 Å². The largest absolute Gasteiger partial charge is 0.324 e. The van der Waals surface area contributed by atoms with Gasteiger partial charge in [-0.15, -0.1) is 6.58 Å². The van der Waals surface area contributed by atoms with Crippen molar-refractivity contribution in [3.05, 3.63) is 46.5 Å². The van der Waals surface area contributed by atoms with E-state index in [1.54, 1.807) is 0 Å². The minimum atomic E-state index is 0.0479. The number of hydrogen-bond acceptors (Lipinski definition) is 1. The maximum atomic E-state index is 5.97. The van der Waals surface area contributed by atoms with Gasteiger partial charge in [-0.2, -0.15) is 0 Å². The van der Waals surface area contributed by atoms with Gasteiger partial charge in [0.1, 0.15) is 0 Å². The summed E-state index contributed by atoms with van der Waals surface area (Å²) >= 11 is 3.49. The van der Waals surface area contributed by atoms with Crippen molar-refractivity contribution in [1.29, 1.82) is 0 Å². The molecule has 0 spiro atoms. The zero-order valence-electron chi connectivity index (χ0n) is 7.76. The Labute approximate surface area is 87.8 Å². The molecular formula is C11H14BrN. The maximum absolute atomic E-state index is 5.97. The summed E-state index contributed by atoms with van der Waals surface area (Å²) in [5, 5.41) is 0. The summed E-state index contributed by atoms with van der Waals surface area (Å²) < 4.78 is 1.08. The molecule has 0 amide bonds. The summed E-state index contributed by atoms with van der Waals surface area (Å²) in [4.78, 5) is 0. The van der Waals surface area contributed by atoms with Crippen LogP contribution in [0, 0.1) is 6.92 Å². The summed E-state index contributed by atoms with van der Waals surface area (Å²) in [7, 11) is 0. The van der Waals surface area contributed by atoms with E-state index in [4.69, 9.17) is 5.73 Å². The van der Waals surface area contributed by atoms with Crippen molar-refractivity contribution in [3.63, 3.8) is 0 Å². The van der Waals surface area contributed by atoms with E-state index >= 15 is 0 Å². The molecule has 1 atom stereocenters. The second kappa shape index (κ2) is 4.58. The first-order valence-corrected chi connectivity index (χ1v) is 5.07. The molecule has 1 unspecified atom stereocenters. The lowest BCUT2D eigenvalue weighted by Gasteiger charge is -2.12. The highest BCUT2D eigenvalue weighted by molar-refractivity contribution is 9.10. The molecule has 0 aliphatic heterocycles. The maximum Gasteiger partial charge on any atom is 0.0341 e. The number of rotatable bonds is 3. The Morgan fingerprint density at radius 3 is 2.92 bits per heavy atom. The van der Waals surface area contributed by atoms with Crippen molar-refractivity contribution in [1.82, 2.24) is 0 Å². The summed E-state index contributed by atoms with van der Waals surface area (Å²) in [6.07, 6.45) is 2.65. The van der Waals surface area contributed by atoms with E-state index in [-0.39, 0.29) is 6.04 Å². The van der Waals surface area contributed by atoms with Crippen molar-refractivity contribution in [2.45, 2.75) is 19.4 Å². The van der Waals surface area contributed by atoms with Crippen molar-refractivity contribution < 1.29 is 0 Å². The average Bonchev–Trinajstić information content (AvgIpc) is 2.09. The van der Waals surface area contributed by atoms with Crippen LogP contribution in [-0.2, 0) is 0 Å². The predicted octanol–water partition coefficient (Wildman–Crippen LogP) is 3.33. The number of hydrogen-bond donors (Lipinski definition) is 1. The van der Waals surface area contributed by atoms with Gasteiger partial charge >= 0.3 is 0 Å². The molecule has 1 aromatic rings. The normalized spacial score (nSPS) is 12.5. The zero-order valence-corrected chi connectivity index (χ0v) is 9.34. The van der Waals surface area contributed by atoms with Gasteiger partial charge in [0.15, 0.2) is 0 Å². The molecule has 0 aliphatic rings. The first kappa shape index (κ1) is 10.5. The molecule has 0 bridgehead atoms. The fourth-order valence-corrected chi connectivity index (χ4v) is 1.79. The molecule has 2 N–H and O–H groups in total. The van der Waals surface area contributed by atoms with Crippen LogP contribution in [0.5, 0.6) is 0 Å². The van der Waals surface area contributed by atoms with E-state index < -0.39 is 0 Å². The Bertz CT molecular complexity index is 307. The number of benzene rings is 1. The number of nitrogens with two attached hydrogens (primary N) is 1. The van der Waals surface area contributed by atoms with Crippen molar-refractivity contribution in [2.75, 3.05) is 0 Å². The summed E-state index contributed by atoms with van der Waals surface area (Å²) in [5.74, 6) is 0. The standard InChI is InChI=1S/C11H14BrN/c1-3-4-11(13)9-7-8(2)5-6-10(9)12/h3,5-7,11H,1,4,13H2,2H3. The van der Waals surface area contributed by atoms with Gasteiger partial charge in [-0.3, -0.25) is 0 Å². The molecule has 0 aromatic heterocycles. The average molecular weight is 240 g/mol. The fraction of sp³-hybridized carbons (Fsp3) is 0.273. The van der Waals surface area contributed by atoms with Gasteiger partial charge in [0.05, 0.1) is 0 Å². The minimum absolute atomic E-state index is 0.0479. The van der Waals surface area contributed by atoms with E-state index in [1.807, 2.05) is 12.1 Å². The van der Waals surface area contributed by atoms with E-state index in [1.165, 1.54) is 5.56 Å². The topological polar surface area (TPSA) is 26.0 Å². The van der Waals surface area contributed by atoms with E-state index in [2.05, 4.69) is 41.6 Å². The number of aryl methyl sites for hydroxylation is 1. The van der Waals surface area contributed by atoms with Crippen LogP contribution in [0.25, 0.3) is 0 Å². The molecule has 2 heteroatoms. The van der Waals surface area contributed by atoms with Crippen molar-refractivity contribution in [2.24, 2.45) is 5.73 Å². The van der Waals surface area contributed by atoms with E-state index in [0.717, 1.165) is 16.5 Å². The van der Waals surface area contributed by atoms with Gasteiger partial charge < -0.3 is 5.73 Å². The second-order valence-corrected chi connectivity index (χ2v) is 4.01. The smallest absolute Gasteiger partial charge is 0.0341 e. The SMILES string of the molecule is C=CCC(N)c1cc(C)ccc1Br. The van der Waals surface area contributed by atoms with Gasteiger partial charge in [-0.05, 0) is 25.0 Å². The van der Waals surface area contributed by atoms with E-state index in [9.17, 15) is 0 Å². The fourth-order valence-electron chi connectivity index (χ4n) is 1.25. The minimum Gasteiger partial charge on any atom is -0.324 e. The molecule has 0 fully saturated rings. The van der Waals surface area contributed by atoms with Crippen LogP contribution in [0.2, 0.25) is 0 Å². The molecule has 0 radical (unpaired) electrons. The highest BCUT2D eigenvalue weighted by Gasteiger charge is 2.07. The lowest BCUT2D eigenvalue weighted by Crippen LogP contribution is -2.09. The van der Waals surface area contributed by atoms with Crippen molar-refractivity contribution >= 4 is 15.9 Å². The molecule has 70 valence electrons. The highest BCUT2D eigenvalue weighted by atomic mass is 79.9. The molecule has 0 aliphatic carbocycles. The van der Waals surface area contributed by atoms with Gasteiger partial charge in [-0.1, -0.05) is 39.7 Å². The van der Waals surface area contributed by atoms with Gasteiger partial charge in [-0.25, -0.2) is 0 Å². The Balaban J connectivity index is 2.97. The Hall–Kier alpha value is -0.600.